The van der Waals surface area contributed by atoms with E-state index >= 15 is 0 Å². The highest BCUT2D eigenvalue weighted by atomic mass is 16.7. The molecule has 2 aliphatic heterocycles. The number of likely N-dealkylation sites (tertiary alicyclic amines) is 1. The Morgan fingerprint density at radius 3 is 2.68 bits per heavy atom. The molecule has 8 heteroatoms. The zero-order chi connectivity index (χ0) is 27.2. The summed E-state index contributed by atoms with van der Waals surface area (Å²) in [5.41, 5.74) is 1.79. The molecule has 1 fully saturated rings. The fourth-order valence-electron chi connectivity index (χ4n) is 6.00. The van der Waals surface area contributed by atoms with E-state index in [4.69, 9.17) is 9.47 Å². The third-order valence-electron chi connectivity index (χ3n) is 7.89. The van der Waals surface area contributed by atoms with Crippen molar-refractivity contribution in [3.8, 4) is 11.5 Å². The Morgan fingerprint density at radius 2 is 1.97 bits per heavy atom. The molecule has 1 N–H and O–H groups in total. The predicted octanol–water partition coefficient (Wildman–Crippen LogP) is 4.37. The first kappa shape index (κ1) is 27.9. The number of rotatable bonds is 12. The van der Waals surface area contributed by atoms with Crippen molar-refractivity contribution in [3.05, 3.63) is 48.3 Å². The molecule has 4 rings (SSSR count). The van der Waals surface area contributed by atoms with Crippen molar-refractivity contribution in [1.29, 1.82) is 0 Å². The Bertz CT molecular complexity index is 1120. The summed E-state index contributed by atoms with van der Waals surface area (Å²) in [5.74, 6) is 0.0429. The lowest BCUT2D eigenvalue weighted by Gasteiger charge is -2.31. The van der Waals surface area contributed by atoms with Crippen LogP contribution < -0.4 is 18.9 Å². The van der Waals surface area contributed by atoms with Gasteiger partial charge in [-0.05, 0) is 42.5 Å². The predicted molar refractivity (Wildman–Crippen MR) is 145 cm³/mol. The van der Waals surface area contributed by atoms with E-state index in [2.05, 4.69) is 25.7 Å². The van der Waals surface area contributed by atoms with Crippen molar-refractivity contribution in [2.45, 2.75) is 64.8 Å². The van der Waals surface area contributed by atoms with E-state index in [1.54, 1.807) is 0 Å². The summed E-state index contributed by atoms with van der Waals surface area (Å²) in [7, 11) is 1.95. The van der Waals surface area contributed by atoms with Crippen LogP contribution in [0.2, 0.25) is 0 Å². The largest absolute Gasteiger partial charge is 0.481 e. The van der Waals surface area contributed by atoms with Gasteiger partial charge in [0.15, 0.2) is 23.9 Å². The lowest BCUT2D eigenvalue weighted by molar-refractivity contribution is -0.670. The number of carboxylic acid groups (broad SMARTS) is 1. The first-order valence-electron chi connectivity index (χ1n) is 13.9. The van der Waals surface area contributed by atoms with Crippen LogP contribution in [0.25, 0.3) is 0 Å². The molecular weight excluding hydrogens is 482 g/mol. The molecule has 1 amide bonds. The summed E-state index contributed by atoms with van der Waals surface area (Å²) in [6, 6.07) is 9.41. The van der Waals surface area contributed by atoms with Crippen molar-refractivity contribution in [3.63, 3.8) is 0 Å². The van der Waals surface area contributed by atoms with Crippen LogP contribution in [-0.2, 0) is 16.6 Å². The highest BCUT2D eigenvalue weighted by Crippen LogP contribution is 2.43. The molecule has 0 radical (unpaired) electrons. The van der Waals surface area contributed by atoms with Crippen LogP contribution in [0.5, 0.6) is 11.5 Å². The second-order valence-electron chi connectivity index (χ2n) is 10.8. The Labute approximate surface area is 226 Å². The number of hydrogen-bond acceptors (Lipinski definition) is 5. The van der Waals surface area contributed by atoms with E-state index in [1.165, 1.54) is 0 Å². The molecule has 1 saturated heterocycles. The molecule has 1 aromatic heterocycles. The maximum atomic E-state index is 13.8. The van der Waals surface area contributed by atoms with Crippen LogP contribution in [0.3, 0.4) is 0 Å². The van der Waals surface area contributed by atoms with E-state index < -0.39 is 11.9 Å². The maximum absolute atomic E-state index is 13.8. The fourth-order valence-corrected chi connectivity index (χ4v) is 6.00. The maximum Gasteiger partial charge on any atom is 0.308 e. The molecule has 1 aromatic carbocycles. The molecule has 38 heavy (non-hydrogen) atoms. The number of nitrogens with zero attached hydrogens (tertiary/aromatic N) is 3. The molecule has 0 aliphatic carbocycles. The van der Waals surface area contributed by atoms with Gasteiger partial charge in [-0.3, -0.25) is 14.5 Å². The summed E-state index contributed by atoms with van der Waals surface area (Å²) >= 11 is 0. The van der Waals surface area contributed by atoms with Crippen molar-refractivity contribution >= 4 is 17.6 Å². The van der Waals surface area contributed by atoms with Crippen LogP contribution in [0.15, 0.2) is 42.7 Å². The first-order chi connectivity index (χ1) is 18.3. The van der Waals surface area contributed by atoms with Crippen molar-refractivity contribution in [2.24, 2.45) is 18.9 Å². The number of ether oxygens (including phenoxy) is 2. The zero-order valence-corrected chi connectivity index (χ0v) is 23.1. The topological polar surface area (TPSA) is 83.2 Å². The van der Waals surface area contributed by atoms with Gasteiger partial charge in [0, 0.05) is 31.1 Å². The number of fused-ring (bicyclic) bond motifs is 1. The average molecular weight is 525 g/mol. The van der Waals surface area contributed by atoms with E-state index in [9.17, 15) is 14.7 Å². The quantitative estimate of drug-likeness (QED) is 0.415. The Hall–Kier alpha value is -3.13. The minimum atomic E-state index is -0.811. The molecule has 0 spiro atoms. The summed E-state index contributed by atoms with van der Waals surface area (Å²) in [6.07, 6.45) is 8.62. The minimum Gasteiger partial charge on any atom is -0.481 e. The fraction of sp³-hybridized carbons (Fsp3) is 0.567. The second kappa shape index (κ2) is 12.6. The number of aromatic nitrogens is 1. The number of carboxylic acids is 1. The minimum absolute atomic E-state index is 0.00766. The molecule has 0 saturated carbocycles. The number of anilines is 1. The van der Waals surface area contributed by atoms with Crippen LogP contribution in [0.4, 0.5) is 5.69 Å². The number of aliphatic carboxylic acids is 1. The number of aryl methyl sites for hydroxylation is 1. The van der Waals surface area contributed by atoms with Gasteiger partial charge in [-0.2, -0.15) is 0 Å². The van der Waals surface area contributed by atoms with Crippen LogP contribution in [0, 0.1) is 11.8 Å². The standard InChI is InChI=1S/C30H41N3O5/c1-5-7-14-33(23-10-8-13-31(4)17-23)28(34)19-32-18-24(22-11-12-26-27(16-22)38-20-37-26)29(30(35)36)25(32)15-21(3)9-6-2/h8,10-13,16-17,21,24-25,29H,5-7,9,14-15,18-20H2,1-4H3/p+1/t21?,24-,25+,29-/m1/s1. The summed E-state index contributed by atoms with van der Waals surface area (Å²) in [5, 5.41) is 10.5. The first-order valence-corrected chi connectivity index (χ1v) is 13.9. The van der Waals surface area contributed by atoms with E-state index in [-0.39, 0.29) is 31.2 Å². The Balaban J connectivity index is 1.64. The lowest BCUT2D eigenvalue weighted by Crippen LogP contribution is -2.45. The molecular formula is C30H42N3O5+. The molecule has 2 aliphatic rings. The molecule has 206 valence electrons. The number of amides is 1. The molecule has 8 nitrogen and oxygen atoms in total. The van der Waals surface area contributed by atoms with Gasteiger partial charge >= 0.3 is 5.97 Å². The van der Waals surface area contributed by atoms with Gasteiger partial charge < -0.3 is 19.5 Å². The summed E-state index contributed by atoms with van der Waals surface area (Å²) in [6.45, 7) is 7.97. The number of hydrogen-bond donors (Lipinski definition) is 1. The van der Waals surface area contributed by atoms with Gasteiger partial charge in [0.2, 0.25) is 12.7 Å². The summed E-state index contributed by atoms with van der Waals surface area (Å²) < 4.78 is 13.0. The highest BCUT2D eigenvalue weighted by Gasteiger charge is 2.47. The zero-order valence-electron chi connectivity index (χ0n) is 23.1. The van der Waals surface area contributed by atoms with Crippen molar-refractivity contribution in [1.82, 2.24) is 4.90 Å². The normalized spacial score (nSPS) is 21.4. The monoisotopic (exact) mass is 524 g/mol. The highest BCUT2D eigenvalue weighted by molar-refractivity contribution is 5.94. The van der Waals surface area contributed by atoms with E-state index in [1.807, 2.05) is 59.2 Å². The van der Waals surface area contributed by atoms with Crippen LogP contribution in [-0.4, -0.2) is 54.4 Å². The van der Waals surface area contributed by atoms with Gasteiger partial charge in [0.25, 0.3) is 0 Å². The van der Waals surface area contributed by atoms with Gasteiger partial charge in [-0.25, -0.2) is 4.57 Å². The van der Waals surface area contributed by atoms with E-state index in [0.29, 0.717) is 30.5 Å². The molecule has 4 atom stereocenters. The van der Waals surface area contributed by atoms with Gasteiger partial charge in [0.1, 0.15) is 12.7 Å². The smallest absolute Gasteiger partial charge is 0.308 e. The number of benzene rings is 1. The van der Waals surface area contributed by atoms with Gasteiger partial charge in [-0.1, -0.05) is 46.1 Å². The third kappa shape index (κ3) is 6.29. The number of pyridine rings is 1. The van der Waals surface area contributed by atoms with Crippen LogP contribution in [0.1, 0.15) is 64.4 Å². The number of unbranched alkanes of at least 4 members (excludes halogenated alkanes) is 1. The van der Waals surface area contributed by atoms with E-state index in [0.717, 1.165) is 43.4 Å². The van der Waals surface area contributed by atoms with Crippen molar-refractivity contribution in [2.75, 3.05) is 31.3 Å². The molecule has 3 heterocycles. The van der Waals surface area contributed by atoms with Crippen LogP contribution >= 0.6 is 0 Å². The molecule has 0 bridgehead atoms. The SMILES string of the molecule is CCCCN(C(=O)CN1C[C@H](c2ccc3c(c2)OCO3)[C@@H](C(=O)O)[C@@H]1CC(C)CCC)c1ccc[n+](C)c1. The lowest BCUT2D eigenvalue weighted by atomic mass is 9.81. The Morgan fingerprint density at radius 1 is 1.18 bits per heavy atom. The number of carbonyl (C=O) groups excluding carboxylic acids is 1. The second-order valence-corrected chi connectivity index (χ2v) is 10.8. The third-order valence-corrected chi connectivity index (χ3v) is 7.89. The summed E-state index contributed by atoms with van der Waals surface area (Å²) in [4.78, 5) is 30.6. The molecule has 2 aromatic rings. The Kier molecular flexibility index (Phi) is 9.26. The average Bonchev–Trinajstić information content (AvgIpc) is 3.49. The van der Waals surface area contributed by atoms with Gasteiger partial charge in [0.05, 0.1) is 12.5 Å². The van der Waals surface area contributed by atoms with Crippen molar-refractivity contribution < 1.29 is 28.7 Å². The number of carbonyl (C=O) groups is 2. The molecule has 1 unspecified atom stereocenters. The van der Waals surface area contributed by atoms with Gasteiger partial charge in [-0.15, -0.1) is 0 Å².